The third kappa shape index (κ3) is 2.12. The van der Waals surface area contributed by atoms with E-state index in [-0.39, 0.29) is 0 Å². The predicted molar refractivity (Wildman–Crippen MR) is 72.0 cm³/mol. The molecule has 1 aromatic rings. The van der Waals surface area contributed by atoms with Gasteiger partial charge in [0.1, 0.15) is 0 Å². The molecule has 0 atom stereocenters. The monoisotopic (exact) mass is 232 g/mol. The maximum atomic E-state index is 5.73. The van der Waals surface area contributed by atoms with E-state index < -0.39 is 0 Å². The number of rotatable bonds is 1. The highest BCUT2D eigenvalue weighted by molar-refractivity contribution is 5.53. The summed E-state index contributed by atoms with van der Waals surface area (Å²) in [5.74, 6) is 0. The van der Waals surface area contributed by atoms with Crippen molar-refractivity contribution in [3.63, 3.8) is 0 Å². The minimum absolute atomic E-state index is 0.855. The summed E-state index contributed by atoms with van der Waals surface area (Å²) in [4.78, 5) is 2.50. The van der Waals surface area contributed by atoms with E-state index in [9.17, 15) is 0 Å². The largest absolute Gasteiger partial charge is 0.399 e. The van der Waals surface area contributed by atoms with Crippen LogP contribution in [0.15, 0.2) is 24.3 Å². The zero-order valence-electron chi connectivity index (χ0n) is 10.4. The van der Waals surface area contributed by atoms with E-state index in [4.69, 9.17) is 5.73 Å². The van der Waals surface area contributed by atoms with Crippen LogP contribution < -0.4 is 10.6 Å². The Morgan fingerprint density at radius 3 is 2.06 bits per heavy atom. The molecule has 3 heteroatoms. The highest BCUT2D eigenvalue weighted by atomic mass is 15.4. The molecule has 0 aromatic heterocycles. The number of nitrogen functional groups attached to an aromatic ring is 1. The fourth-order valence-electron chi connectivity index (χ4n) is 3.29. The van der Waals surface area contributed by atoms with Crippen LogP contribution in [-0.4, -0.2) is 43.8 Å². The van der Waals surface area contributed by atoms with Gasteiger partial charge in [-0.15, -0.1) is 0 Å². The minimum atomic E-state index is 0.855. The smallest absolute Gasteiger partial charge is 0.0965 e. The molecule has 1 spiro atoms. The normalized spacial score (nSPS) is 23.2. The van der Waals surface area contributed by atoms with Gasteiger partial charge in [-0.1, -0.05) is 0 Å². The zero-order valence-corrected chi connectivity index (χ0v) is 10.4. The summed E-state index contributed by atoms with van der Waals surface area (Å²) < 4.78 is 1.38. The van der Waals surface area contributed by atoms with E-state index in [1.165, 1.54) is 62.3 Å². The highest BCUT2D eigenvalue weighted by Gasteiger charge is 2.35. The van der Waals surface area contributed by atoms with Crippen molar-refractivity contribution < 1.29 is 4.48 Å². The van der Waals surface area contributed by atoms with Gasteiger partial charge in [0.25, 0.3) is 0 Å². The van der Waals surface area contributed by atoms with Gasteiger partial charge in [0, 0.05) is 24.2 Å². The average molecular weight is 232 g/mol. The first-order valence-electron chi connectivity index (χ1n) is 6.73. The van der Waals surface area contributed by atoms with Crippen LogP contribution in [0, 0.1) is 0 Å². The Balaban J connectivity index is 1.66. The standard InChI is InChI=1S/C14H22N3/c15-13-3-5-14(6-4-13)16-7-11-17(12-8-16)9-1-2-10-17/h3-6H,1-2,7-12,15H2/q+1. The third-order valence-corrected chi connectivity index (χ3v) is 4.46. The van der Waals surface area contributed by atoms with Crippen LogP contribution in [0.3, 0.4) is 0 Å². The molecule has 1 aromatic carbocycles. The molecule has 2 heterocycles. The van der Waals surface area contributed by atoms with Crippen LogP contribution in [0.25, 0.3) is 0 Å². The number of nitrogens with two attached hydrogens (primary N) is 1. The van der Waals surface area contributed by atoms with E-state index in [1.54, 1.807) is 0 Å². The molecule has 92 valence electrons. The molecule has 2 aliphatic heterocycles. The molecule has 2 saturated heterocycles. The average Bonchev–Trinajstić information content (AvgIpc) is 2.80. The first-order chi connectivity index (χ1) is 8.27. The van der Waals surface area contributed by atoms with Crippen LogP contribution >= 0.6 is 0 Å². The second-order valence-corrected chi connectivity index (χ2v) is 5.52. The van der Waals surface area contributed by atoms with Gasteiger partial charge in [0.2, 0.25) is 0 Å². The lowest BCUT2D eigenvalue weighted by molar-refractivity contribution is -0.917. The van der Waals surface area contributed by atoms with Crippen molar-refractivity contribution in [2.45, 2.75) is 12.8 Å². The highest BCUT2D eigenvalue weighted by Crippen LogP contribution is 2.25. The molecule has 2 aliphatic rings. The van der Waals surface area contributed by atoms with Gasteiger partial charge < -0.3 is 15.1 Å². The summed E-state index contributed by atoms with van der Waals surface area (Å²) in [6, 6.07) is 8.30. The minimum Gasteiger partial charge on any atom is -0.399 e. The number of anilines is 2. The molecule has 0 bridgehead atoms. The molecular formula is C14H22N3+. The molecule has 0 radical (unpaired) electrons. The lowest BCUT2D eigenvalue weighted by atomic mass is 10.2. The Kier molecular flexibility index (Phi) is 2.71. The van der Waals surface area contributed by atoms with Crippen LogP contribution in [-0.2, 0) is 0 Å². The second-order valence-electron chi connectivity index (χ2n) is 5.52. The lowest BCUT2D eigenvalue weighted by Gasteiger charge is -2.42. The Hall–Kier alpha value is -1.22. The van der Waals surface area contributed by atoms with Gasteiger partial charge in [0.15, 0.2) is 0 Å². The number of quaternary nitrogens is 1. The summed E-state index contributed by atoms with van der Waals surface area (Å²) in [5.41, 5.74) is 7.91. The van der Waals surface area contributed by atoms with Crippen molar-refractivity contribution in [2.24, 2.45) is 0 Å². The molecule has 2 fully saturated rings. The molecule has 0 unspecified atom stereocenters. The summed E-state index contributed by atoms with van der Waals surface area (Å²) >= 11 is 0. The van der Waals surface area contributed by atoms with Crippen LogP contribution in [0.4, 0.5) is 11.4 Å². The van der Waals surface area contributed by atoms with E-state index in [0.717, 1.165) is 5.69 Å². The molecule has 0 aliphatic carbocycles. The van der Waals surface area contributed by atoms with Gasteiger partial charge in [-0.2, -0.15) is 0 Å². The van der Waals surface area contributed by atoms with Crippen molar-refractivity contribution in [3.05, 3.63) is 24.3 Å². The first kappa shape index (κ1) is 10.9. The zero-order chi connectivity index (χ0) is 11.7. The van der Waals surface area contributed by atoms with Gasteiger partial charge in [0.05, 0.1) is 39.3 Å². The van der Waals surface area contributed by atoms with Gasteiger partial charge in [-0.25, -0.2) is 0 Å². The first-order valence-corrected chi connectivity index (χ1v) is 6.73. The molecule has 2 N–H and O–H groups in total. The van der Waals surface area contributed by atoms with Crippen molar-refractivity contribution in [1.82, 2.24) is 0 Å². The number of hydrogen-bond donors (Lipinski definition) is 1. The molecule has 0 amide bonds. The van der Waals surface area contributed by atoms with Crippen molar-refractivity contribution in [2.75, 3.05) is 49.9 Å². The maximum Gasteiger partial charge on any atom is 0.0965 e. The summed E-state index contributed by atoms with van der Waals surface area (Å²) in [5, 5.41) is 0. The van der Waals surface area contributed by atoms with E-state index in [1.807, 2.05) is 12.1 Å². The van der Waals surface area contributed by atoms with E-state index in [2.05, 4.69) is 17.0 Å². The summed E-state index contributed by atoms with van der Waals surface area (Å²) in [6.45, 7) is 7.87. The maximum absolute atomic E-state index is 5.73. The second kappa shape index (κ2) is 4.22. The Morgan fingerprint density at radius 2 is 1.47 bits per heavy atom. The van der Waals surface area contributed by atoms with Crippen LogP contribution in [0.5, 0.6) is 0 Å². The quantitative estimate of drug-likeness (QED) is 0.590. The van der Waals surface area contributed by atoms with E-state index >= 15 is 0 Å². The number of piperazine rings is 1. The van der Waals surface area contributed by atoms with Crippen LogP contribution in [0.1, 0.15) is 12.8 Å². The Labute approximate surface area is 103 Å². The molecule has 0 saturated carbocycles. The molecular weight excluding hydrogens is 210 g/mol. The molecule has 17 heavy (non-hydrogen) atoms. The fraction of sp³-hybridized carbons (Fsp3) is 0.571. The van der Waals surface area contributed by atoms with Crippen molar-refractivity contribution >= 4 is 11.4 Å². The van der Waals surface area contributed by atoms with Crippen molar-refractivity contribution in [3.8, 4) is 0 Å². The summed E-state index contributed by atoms with van der Waals surface area (Å²) in [7, 11) is 0. The topological polar surface area (TPSA) is 29.3 Å². The van der Waals surface area contributed by atoms with Gasteiger partial charge >= 0.3 is 0 Å². The Morgan fingerprint density at radius 1 is 0.882 bits per heavy atom. The molecule has 3 nitrogen and oxygen atoms in total. The summed E-state index contributed by atoms with van der Waals surface area (Å²) in [6.07, 6.45) is 2.86. The van der Waals surface area contributed by atoms with Crippen molar-refractivity contribution in [1.29, 1.82) is 0 Å². The molecule has 3 rings (SSSR count). The fourth-order valence-corrected chi connectivity index (χ4v) is 3.29. The van der Waals surface area contributed by atoms with Gasteiger partial charge in [-0.3, -0.25) is 0 Å². The van der Waals surface area contributed by atoms with Crippen LogP contribution in [0.2, 0.25) is 0 Å². The third-order valence-electron chi connectivity index (χ3n) is 4.46. The Bertz CT molecular complexity index is 369. The number of nitrogens with zero attached hydrogens (tertiary/aromatic N) is 2. The lowest BCUT2D eigenvalue weighted by Crippen LogP contribution is -2.58. The predicted octanol–water partition coefficient (Wildman–Crippen LogP) is 1.70. The van der Waals surface area contributed by atoms with E-state index in [0.29, 0.717) is 0 Å². The SMILES string of the molecule is Nc1ccc(N2CC[N+]3(CCCC3)CC2)cc1. The van der Waals surface area contributed by atoms with Gasteiger partial charge in [-0.05, 0) is 24.3 Å². The number of hydrogen-bond acceptors (Lipinski definition) is 2. The number of benzene rings is 1.